The van der Waals surface area contributed by atoms with E-state index in [2.05, 4.69) is 15.6 Å². The van der Waals surface area contributed by atoms with E-state index in [0.717, 1.165) is 17.1 Å². The third kappa shape index (κ3) is 4.92. The van der Waals surface area contributed by atoms with E-state index in [4.69, 9.17) is 21.1 Å². The normalized spacial score (nSPS) is 10.2. The first-order valence-electron chi connectivity index (χ1n) is 8.70. The van der Waals surface area contributed by atoms with Crippen molar-refractivity contribution in [1.82, 2.24) is 4.98 Å². The quantitative estimate of drug-likeness (QED) is 0.577. The second-order valence-electron chi connectivity index (χ2n) is 5.82. The Morgan fingerprint density at radius 1 is 1.04 bits per heavy atom. The Bertz CT molecular complexity index is 961. The first kappa shape index (κ1) is 19.5. The Morgan fingerprint density at radius 3 is 2.46 bits per heavy atom. The lowest BCUT2D eigenvalue weighted by Gasteiger charge is -2.10. The molecule has 0 spiro atoms. The Balaban J connectivity index is 1.69. The van der Waals surface area contributed by atoms with Crippen LogP contribution in [0.1, 0.15) is 17.4 Å². The van der Waals surface area contributed by atoms with Gasteiger partial charge in [0.15, 0.2) is 0 Å². The van der Waals surface area contributed by atoms with Gasteiger partial charge in [0.05, 0.1) is 18.7 Å². The highest BCUT2D eigenvalue weighted by atomic mass is 35.5. The maximum Gasteiger partial charge on any atom is 0.274 e. The molecule has 0 unspecified atom stereocenters. The van der Waals surface area contributed by atoms with Crippen LogP contribution in [0.5, 0.6) is 11.5 Å². The number of aromatic nitrogens is 1. The van der Waals surface area contributed by atoms with Gasteiger partial charge in [0, 0.05) is 23.3 Å². The zero-order valence-corrected chi connectivity index (χ0v) is 16.3. The topological polar surface area (TPSA) is 72.5 Å². The van der Waals surface area contributed by atoms with Crippen LogP contribution in [-0.2, 0) is 0 Å². The number of ether oxygens (including phenoxy) is 2. The number of carbonyl (C=O) groups is 1. The van der Waals surface area contributed by atoms with Crippen molar-refractivity contribution in [2.45, 2.75) is 6.92 Å². The second-order valence-corrected chi connectivity index (χ2v) is 6.22. The van der Waals surface area contributed by atoms with Crippen LogP contribution >= 0.6 is 11.6 Å². The van der Waals surface area contributed by atoms with E-state index in [0.29, 0.717) is 23.1 Å². The van der Waals surface area contributed by atoms with Crippen molar-refractivity contribution < 1.29 is 14.3 Å². The van der Waals surface area contributed by atoms with Gasteiger partial charge in [-0.3, -0.25) is 9.78 Å². The van der Waals surface area contributed by atoms with Crippen molar-refractivity contribution >= 4 is 34.6 Å². The standard InChI is InChI=1S/C21H20ClN3O3/c1-3-28-17-7-4-14(5-8-17)24-16-10-11-23-19(13-16)21(26)25-15-6-9-20(27-2)18(22)12-15/h4-13H,3H2,1-2H3,(H,23,24)(H,25,26). The van der Waals surface area contributed by atoms with E-state index in [1.54, 1.807) is 36.5 Å². The average molecular weight is 398 g/mol. The lowest BCUT2D eigenvalue weighted by molar-refractivity contribution is 0.102. The van der Waals surface area contributed by atoms with Crippen LogP contribution in [-0.4, -0.2) is 24.6 Å². The van der Waals surface area contributed by atoms with Gasteiger partial charge >= 0.3 is 0 Å². The summed E-state index contributed by atoms with van der Waals surface area (Å²) in [7, 11) is 1.53. The molecule has 1 amide bonds. The number of carbonyl (C=O) groups excluding carboxylic acids is 1. The highest BCUT2D eigenvalue weighted by Gasteiger charge is 2.10. The van der Waals surface area contributed by atoms with Crippen molar-refractivity contribution in [3.8, 4) is 11.5 Å². The van der Waals surface area contributed by atoms with Gasteiger partial charge in [0.25, 0.3) is 5.91 Å². The minimum Gasteiger partial charge on any atom is -0.495 e. The predicted molar refractivity (Wildman–Crippen MR) is 111 cm³/mol. The molecular weight excluding hydrogens is 378 g/mol. The molecular formula is C21H20ClN3O3. The first-order valence-corrected chi connectivity index (χ1v) is 9.07. The molecule has 6 nitrogen and oxygen atoms in total. The fourth-order valence-corrected chi connectivity index (χ4v) is 2.80. The number of hydrogen-bond donors (Lipinski definition) is 2. The molecule has 0 saturated carbocycles. The van der Waals surface area contributed by atoms with Gasteiger partial charge in [-0.05, 0) is 61.5 Å². The highest BCUT2D eigenvalue weighted by molar-refractivity contribution is 6.32. The van der Waals surface area contributed by atoms with Gasteiger partial charge in [0.2, 0.25) is 0 Å². The molecule has 1 heterocycles. The SMILES string of the molecule is CCOc1ccc(Nc2ccnc(C(=O)Nc3ccc(OC)c(Cl)c3)c2)cc1. The number of hydrogen-bond acceptors (Lipinski definition) is 5. The summed E-state index contributed by atoms with van der Waals surface area (Å²) in [6, 6.07) is 16.1. The largest absolute Gasteiger partial charge is 0.495 e. The number of rotatable bonds is 7. The van der Waals surface area contributed by atoms with Crippen LogP contribution in [0, 0.1) is 0 Å². The lowest BCUT2D eigenvalue weighted by atomic mass is 10.2. The number of halogens is 1. The Hall–Kier alpha value is -3.25. The number of nitrogens with one attached hydrogen (secondary N) is 2. The van der Waals surface area contributed by atoms with Crippen LogP contribution in [0.2, 0.25) is 5.02 Å². The summed E-state index contributed by atoms with van der Waals surface area (Å²) in [6.45, 7) is 2.56. The van der Waals surface area contributed by atoms with Crippen molar-refractivity contribution in [1.29, 1.82) is 0 Å². The first-order chi connectivity index (χ1) is 13.6. The van der Waals surface area contributed by atoms with Crippen molar-refractivity contribution in [3.05, 3.63) is 71.5 Å². The monoisotopic (exact) mass is 397 g/mol. The summed E-state index contributed by atoms with van der Waals surface area (Å²) in [5.41, 5.74) is 2.46. The van der Waals surface area contributed by atoms with Gasteiger partial charge in [-0.25, -0.2) is 0 Å². The van der Waals surface area contributed by atoms with E-state index >= 15 is 0 Å². The molecule has 0 radical (unpaired) electrons. The predicted octanol–water partition coefficient (Wildman–Crippen LogP) is 5.14. The van der Waals surface area contributed by atoms with Crippen LogP contribution in [0.4, 0.5) is 17.1 Å². The fourth-order valence-electron chi connectivity index (χ4n) is 2.54. The number of pyridine rings is 1. The average Bonchev–Trinajstić information content (AvgIpc) is 2.70. The summed E-state index contributed by atoms with van der Waals surface area (Å²) in [6.07, 6.45) is 1.58. The van der Waals surface area contributed by atoms with Crippen molar-refractivity contribution in [3.63, 3.8) is 0 Å². The van der Waals surface area contributed by atoms with Crippen molar-refractivity contribution in [2.24, 2.45) is 0 Å². The molecule has 7 heteroatoms. The van der Waals surface area contributed by atoms with E-state index in [9.17, 15) is 4.79 Å². The van der Waals surface area contributed by atoms with E-state index in [1.165, 1.54) is 7.11 Å². The Labute approximate surface area is 168 Å². The minimum absolute atomic E-state index is 0.280. The smallest absolute Gasteiger partial charge is 0.274 e. The zero-order chi connectivity index (χ0) is 19.9. The summed E-state index contributed by atoms with van der Waals surface area (Å²) in [5, 5.41) is 6.44. The van der Waals surface area contributed by atoms with Gasteiger partial charge in [-0.1, -0.05) is 11.6 Å². The molecule has 2 aromatic carbocycles. The molecule has 0 saturated heterocycles. The maximum absolute atomic E-state index is 12.5. The van der Waals surface area contributed by atoms with Crippen molar-refractivity contribution in [2.75, 3.05) is 24.4 Å². The number of anilines is 3. The Morgan fingerprint density at radius 2 is 1.79 bits per heavy atom. The zero-order valence-electron chi connectivity index (χ0n) is 15.5. The number of amides is 1. The van der Waals surface area contributed by atoms with E-state index in [-0.39, 0.29) is 11.6 Å². The van der Waals surface area contributed by atoms with Crippen LogP contribution in [0.25, 0.3) is 0 Å². The second kappa shape index (κ2) is 9.10. The third-order valence-electron chi connectivity index (χ3n) is 3.86. The maximum atomic E-state index is 12.5. The molecule has 0 aliphatic carbocycles. The van der Waals surface area contributed by atoms with E-state index < -0.39 is 0 Å². The molecule has 2 N–H and O–H groups in total. The number of nitrogens with zero attached hydrogens (tertiary/aromatic N) is 1. The molecule has 1 aromatic heterocycles. The van der Waals surface area contributed by atoms with Crippen LogP contribution < -0.4 is 20.1 Å². The molecule has 0 atom stereocenters. The molecule has 3 rings (SSSR count). The van der Waals surface area contributed by atoms with E-state index in [1.807, 2.05) is 31.2 Å². The fraction of sp³-hybridized carbons (Fsp3) is 0.143. The summed E-state index contributed by atoms with van der Waals surface area (Å²) < 4.78 is 10.5. The molecule has 0 fully saturated rings. The number of benzene rings is 2. The molecule has 0 bridgehead atoms. The molecule has 3 aromatic rings. The molecule has 0 aliphatic heterocycles. The van der Waals surface area contributed by atoms with Crippen LogP contribution in [0.15, 0.2) is 60.8 Å². The number of methoxy groups -OCH3 is 1. The van der Waals surface area contributed by atoms with Gasteiger partial charge in [-0.2, -0.15) is 0 Å². The molecule has 0 aliphatic rings. The molecule has 144 valence electrons. The third-order valence-corrected chi connectivity index (χ3v) is 4.15. The summed E-state index contributed by atoms with van der Waals surface area (Å²) >= 11 is 6.09. The molecule has 28 heavy (non-hydrogen) atoms. The van der Waals surface area contributed by atoms with Gasteiger partial charge in [-0.15, -0.1) is 0 Å². The summed E-state index contributed by atoms with van der Waals surface area (Å²) in [5.74, 6) is 1.01. The minimum atomic E-state index is -0.337. The summed E-state index contributed by atoms with van der Waals surface area (Å²) in [4.78, 5) is 16.7. The van der Waals surface area contributed by atoms with Gasteiger partial charge < -0.3 is 20.1 Å². The lowest BCUT2D eigenvalue weighted by Crippen LogP contribution is -2.13. The van der Waals surface area contributed by atoms with Crippen LogP contribution in [0.3, 0.4) is 0 Å². The Kier molecular flexibility index (Phi) is 6.34. The van der Waals surface area contributed by atoms with Gasteiger partial charge in [0.1, 0.15) is 17.2 Å². The highest BCUT2D eigenvalue weighted by Crippen LogP contribution is 2.27.